The first-order chi connectivity index (χ1) is 6.15. The zero-order valence-corrected chi connectivity index (χ0v) is 7.90. The smallest absolute Gasteiger partial charge is 0.415 e. The number of amides is 1. The molecule has 0 saturated heterocycles. The molecule has 1 amide bonds. The quantitative estimate of drug-likeness (QED) is 0.700. The molecular formula is C8H12N2O3. The van der Waals surface area contributed by atoms with Crippen LogP contribution in [-0.2, 0) is 4.74 Å². The van der Waals surface area contributed by atoms with Crippen molar-refractivity contribution in [3.8, 4) is 0 Å². The molecule has 0 spiro atoms. The molecule has 0 atom stereocenters. The summed E-state index contributed by atoms with van der Waals surface area (Å²) < 4.78 is 9.59. The molecule has 0 aliphatic rings. The number of hydrogen-bond donors (Lipinski definition) is 0. The fourth-order valence-electron chi connectivity index (χ4n) is 0.825. The SMILES string of the molecule is CCOC(=O)N(C)c1cc(C)on1. The first-order valence-electron chi connectivity index (χ1n) is 3.99. The van der Waals surface area contributed by atoms with Crippen molar-refractivity contribution in [3.05, 3.63) is 11.8 Å². The minimum absolute atomic E-state index is 0.347. The summed E-state index contributed by atoms with van der Waals surface area (Å²) in [5, 5.41) is 3.67. The Morgan fingerprint density at radius 3 is 2.92 bits per heavy atom. The van der Waals surface area contributed by atoms with Crippen LogP contribution >= 0.6 is 0 Å². The Labute approximate surface area is 76.3 Å². The van der Waals surface area contributed by atoms with Gasteiger partial charge in [-0.25, -0.2) is 4.79 Å². The van der Waals surface area contributed by atoms with Gasteiger partial charge in [-0.3, -0.25) is 4.90 Å². The van der Waals surface area contributed by atoms with Gasteiger partial charge in [-0.15, -0.1) is 0 Å². The number of aryl methyl sites for hydroxylation is 1. The lowest BCUT2D eigenvalue weighted by atomic mass is 10.5. The van der Waals surface area contributed by atoms with Crippen molar-refractivity contribution in [2.24, 2.45) is 0 Å². The Morgan fingerprint density at radius 1 is 1.77 bits per heavy atom. The highest BCUT2D eigenvalue weighted by atomic mass is 16.6. The molecule has 13 heavy (non-hydrogen) atoms. The summed E-state index contributed by atoms with van der Waals surface area (Å²) in [6, 6.07) is 1.66. The Bertz CT molecular complexity index is 295. The molecule has 1 rings (SSSR count). The molecule has 0 unspecified atom stereocenters. The standard InChI is InChI=1S/C8H12N2O3/c1-4-12-8(11)10(3)7-5-6(2)13-9-7/h5H,4H2,1-3H3. The largest absolute Gasteiger partial charge is 0.449 e. The van der Waals surface area contributed by atoms with E-state index in [1.54, 1.807) is 27.0 Å². The van der Waals surface area contributed by atoms with Gasteiger partial charge in [0.15, 0.2) is 5.82 Å². The Morgan fingerprint density at radius 2 is 2.46 bits per heavy atom. The molecule has 5 nitrogen and oxygen atoms in total. The van der Waals surface area contributed by atoms with Crippen LogP contribution in [0.4, 0.5) is 10.6 Å². The van der Waals surface area contributed by atoms with Crippen LogP contribution in [0.15, 0.2) is 10.6 Å². The van der Waals surface area contributed by atoms with Crippen molar-refractivity contribution in [1.29, 1.82) is 0 Å². The summed E-state index contributed by atoms with van der Waals surface area (Å²) in [6.45, 7) is 3.86. The average Bonchev–Trinajstić information content (AvgIpc) is 2.51. The summed E-state index contributed by atoms with van der Waals surface area (Å²) in [5.74, 6) is 1.11. The molecular weight excluding hydrogens is 172 g/mol. The fourth-order valence-corrected chi connectivity index (χ4v) is 0.825. The van der Waals surface area contributed by atoms with Crippen molar-refractivity contribution in [2.45, 2.75) is 13.8 Å². The topological polar surface area (TPSA) is 55.6 Å². The molecule has 0 radical (unpaired) electrons. The summed E-state index contributed by atoms with van der Waals surface area (Å²) in [6.07, 6.45) is -0.434. The molecule has 5 heteroatoms. The van der Waals surface area contributed by atoms with Crippen LogP contribution < -0.4 is 4.90 Å². The number of carbonyl (C=O) groups is 1. The number of nitrogens with zero attached hydrogens (tertiary/aromatic N) is 2. The summed E-state index contributed by atoms with van der Waals surface area (Å²) in [5.41, 5.74) is 0. The molecule has 1 heterocycles. The second-order valence-electron chi connectivity index (χ2n) is 2.55. The van der Waals surface area contributed by atoms with E-state index in [0.29, 0.717) is 18.2 Å². The first kappa shape index (κ1) is 9.57. The van der Waals surface area contributed by atoms with Gasteiger partial charge in [-0.2, -0.15) is 0 Å². The van der Waals surface area contributed by atoms with Crippen LogP contribution in [0.1, 0.15) is 12.7 Å². The van der Waals surface area contributed by atoms with Gasteiger partial charge in [0.05, 0.1) is 6.61 Å². The number of ether oxygens (including phenoxy) is 1. The van der Waals surface area contributed by atoms with E-state index >= 15 is 0 Å². The molecule has 0 fully saturated rings. The Balaban J connectivity index is 2.67. The second-order valence-corrected chi connectivity index (χ2v) is 2.55. The minimum Gasteiger partial charge on any atom is -0.449 e. The van der Waals surface area contributed by atoms with E-state index in [-0.39, 0.29) is 0 Å². The van der Waals surface area contributed by atoms with Gasteiger partial charge in [0.2, 0.25) is 0 Å². The van der Waals surface area contributed by atoms with Crippen LogP contribution in [-0.4, -0.2) is 24.9 Å². The van der Waals surface area contributed by atoms with Crippen molar-refractivity contribution in [2.75, 3.05) is 18.6 Å². The zero-order valence-electron chi connectivity index (χ0n) is 7.90. The molecule has 0 aliphatic carbocycles. The van der Waals surface area contributed by atoms with E-state index in [9.17, 15) is 4.79 Å². The van der Waals surface area contributed by atoms with Crippen LogP contribution in [0.3, 0.4) is 0 Å². The van der Waals surface area contributed by atoms with Gasteiger partial charge >= 0.3 is 6.09 Å². The van der Waals surface area contributed by atoms with Crippen LogP contribution in [0.25, 0.3) is 0 Å². The molecule has 72 valence electrons. The molecule has 0 aromatic carbocycles. The van der Waals surface area contributed by atoms with Crippen molar-refractivity contribution >= 4 is 11.9 Å². The normalized spacial score (nSPS) is 9.77. The predicted octanol–water partition coefficient (Wildman–Crippen LogP) is 1.58. The monoisotopic (exact) mass is 184 g/mol. The van der Waals surface area contributed by atoms with E-state index in [4.69, 9.17) is 9.26 Å². The van der Waals surface area contributed by atoms with Crippen LogP contribution in [0, 0.1) is 6.92 Å². The number of carbonyl (C=O) groups excluding carboxylic acids is 1. The number of aromatic nitrogens is 1. The highest BCUT2D eigenvalue weighted by Gasteiger charge is 2.14. The lowest BCUT2D eigenvalue weighted by Crippen LogP contribution is -2.27. The molecule has 0 N–H and O–H groups in total. The lowest BCUT2D eigenvalue weighted by molar-refractivity contribution is 0.161. The molecule has 0 bridgehead atoms. The van der Waals surface area contributed by atoms with E-state index in [1.807, 2.05) is 0 Å². The highest BCUT2D eigenvalue weighted by Crippen LogP contribution is 2.12. The molecule has 0 saturated carbocycles. The highest BCUT2D eigenvalue weighted by molar-refractivity contribution is 5.85. The van der Waals surface area contributed by atoms with Gasteiger partial charge in [-0.1, -0.05) is 5.16 Å². The van der Waals surface area contributed by atoms with Crippen LogP contribution in [0.5, 0.6) is 0 Å². The van der Waals surface area contributed by atoms with E-state index in [1.165, 1.54) is 4.90 Å². The third kappa shape index (κ3) is 2.21. The van der Waals surface area contributed by atoms with Crippen molar-refractivity contribution < 1.29 is 14.1 Å². The fraction of sp³-hybridized carbons (Fsp3) is 0.500. The third-order valence-corrected chi connectivity index (χ3v) is 1.50. The third-order valence-electron chi connectivity index (χ3n) is 1.50. The van der Waals surface area contributed by atoms with Crippen LogP contribution in [0.2, 0.25) is 0 Å². The Kier molecular flexibility index (Phi) is 2.89. The maximum atomic E-state index is 11.2. The van der Waals surface area contributed by atoms with Gasteiger partial charge in [0, 0.05) is 13.1 Å². The van der Waals surface area contributed by atoms with Gasteiger partial charge in [0.25, 0.3) is 0 Å². The summed E-state index contributed by atoms with van der Waals surface area (Å²) in [4.78, 5) is 12.5. The van der Waals surface area contributed by atoms with Gasteiger partial charge in [0.1, 0.15) is 5.76 Å². The molecule has 1 aromatic rings. The maximum absolute atomic E-state index is 11.2. The average molecular weight is 184 g/mol. The van der Waals surface area contributed by atoms with Crippen molar-refractivity contribution in [3.63, 3.8) is 0 Å². The molecule has 0 aliphatic heterocycles. The maximum Gasteiger partial charge on any atom is 0.415 e. The lowest BCUT2D eigenvalue weighted by Gasteiger charge is -2.11. The Hall–Kier alpha value is -1.52. The first-order valence-corrected chi connectivity index (χ1v) is 3.99. The van der Waals surface area contributed by atoms with Crippen molar-refractivity contribution in [1.82, 2.24) is 5.16 Å². The minimum atomic E-state index is -0.434. The second kappa shape index (κ2) is 3.93. The number of anilines is 1. The zero-order chi connectivity index (χ0) is 9.84. The van der Waals surface area contributed by atoms with Gasteiger partial charge in [-0.05, 0) is 13.8 Å². The van der Waals surface area contributed by atoms with E-state index < -0.39 is 6.09 Å². The molecule has 1 aromatic heterocycles. The summed E-state index contributed by atoms with van der Waals surface area (Å²) >= 11 is 0. The number of hydrogen-bond acceptors (Lipinski definition) is 4. The number of rotatable bonds is 2. The predicted molar refractivity (Wildman–Crippen MR) is 46.7 cm³/mol. The van der Waals surface area contributed by atoms with Gasteiger partial charge < -0.3 is 9.26 Å². The van der Waals surface area contributed by atoms with E-state index in [2.05, 4.69) is 5.16 Å². The van der Waals surface area contributed by atoms with E-state index in [0.717, 1.165) is 0 Å². The summed E-state index contributed by atoms with van der Waals surface area (Å²) in [7, 11) is 1.58.